The second-order valence-electron chi connectivity index (χ2n) is 9.02. The van der Waals surface area contributed by atoms with Crippen LogP contribution in [-0.2, 0) is 0 Å². The number of piperidine rings is 1. The number of pyridine rings is 1. The van der Waals surface area contributed by atoms with Crippen LogP contribution in [-0.4, -0.2) is 44.5 Å². The summed E-state index contributed by atoms with van der Waals surface area (Å²) in [6.45, 7) is 9.01. The van der Waals surface area contributed by atoms with E-state index in [0.717, 1.165) is 33.9 Å². The van der Waals surface area contributed by atoms with Crippen LogP contribution in [0, 0.1) is 0 Å². The van der Waals surface area contributed by atoms with Crippen LogP contribution in [0.25, 0.3) is 21.5 Å². The highest BCUT2D eigenvalue weighted by Crippen LogP contribution is 2.38. The Bertz CT molecular complexity index is 997. The molecule has 0 spiro atoms. The molecule has 0 amide bonds. The third-order valence-electron chi connectivity index (χ3n) is 5.38. The first-order chi connectivity index (χ1) is 13.1. The van der Waals surface area contributed by atoms with Crippen LogP contribution in [0.3, 0.4) is 0 Å². The first-order valence-electron chi connectivity index (χ1n) is 9.57. The number of benzene rings is 1. The Balaban J connectivity index is 1.63. The number of phenolic OH excluding ortho intramolecular Hbond substituents is 1. The van der Waals surface area contributed by atoms with E-state index >= 15 is 0 Å². The van der Waals surface area contributed by atoms with Gasteiger partial charge in [-0.2, -0.15) is 0 Å². The molecule has 0 unspecified atom stereocenters. The SMILES string of the molecule is CN(c1nnc(-c2cc3cccnc3cc2O)s1)C1CC(C)(C)NC(C)(C)C1. The van der Waals surface area contributed by atoms with Crippen molar-refractivity contribution in [3.05, 3.63) is 30.5 Å². The number of fused-ring (bicyclic) bond motifs is 1. The Hall–Kier alpha value is -2.25. The van der Waals surface area contributed by atoms with E-state index < -0.39 is 0 Å². The van der Waals surface area contributed by atoms with Crippen LogP contribution in [0.1, 0.15) is 40.5 Å². The number of hydrogen-bond acceptors (Lipinski definition) is 7. The zero-order valence-electron chi connectivity index (χ0n) is 17.0. The number of phenols is 1. The normalized spacial score (nSPS) is 19.0. The van der Waals surface area contributed by atoms with Crippen molar-refractivity contribution in [1.29, 1.82) is 0 Å². The minimum atomic E-state index is 0.0673. The molecule has 0 saturated carbocycles. The molecule has 0 atom stereocenters. The number of aromatic hydroxyl groups is 1. The molecule has 3 aromatic rings. The molecule has 1 saturated heterocycles. The van der Waals surface area contributed by atoms with Gasteiger partial charge in [-0.05, 0) is 52.7 Å². The zero-order chi connectivity index (χ0) is 20.1. The molecule has 0 bridgehead atoms. The van der Waals surface area contributed by atoms with Crippen LogP contribution in [0.2, 0.25) is 0 Å². The Morgan fingerprint density at radius 2 is 1.86 bits per heavy atom. The molecule has 2 aromatic heterocycles. The maximum Gasteiger partial charge on any atom is 0.208 e. The monoisotopic (exact) mass is 397 g/mol. The van der Waals surface area contributed by atoms with E-state index in [-0.39, 0.29) is 16.8 Å². The van der Waals surface area contributed by atoms with Crippen LogP contribution in [0.4, 0.5) is 5.13 Å². The summed E-state index contributed by atoms with van der Waals surface area (Å²) in [7, 11) is 2.09. The molecule has 28 heavy (non-hydrogen) atoms. The average molecular weight is 398 g/mol. The Morgan fingerprint density at radius 1 is 1.14 bits per heavy atom. The maximum atomic E-state index is 10.5. The quantitative estimate of drug-likeness (QED) is 0.690. The van der Waals surface area contributed by atoms with Gasteiger partial charge in [0.2, 0.25) is 5.13 Å². The second kappa shape index (κ2) is 6.67. The summed E-state index contributed by atoms with van der Waals surface area (Å²) >= 11 is 1.51. The van der Waals surface area contributed by atoms with Crippen molar-refractivity contribution < 1.29 is 5.11 Å². The molecule has 1 aliphatic rings. The zero-order valence-corrected chi connectivity index (χ0v) is 17.8. The molecular weight excluding hydrogens is 370 g/mol. The van der Waals surface area contributed by atoms with Gasteiger partial charge in [-0.3, -0.25) is 4.98 Å². The predicted molar refractivity (Wildman–Crippen MR) is 115 cm³/mol. The van der Waals surface area contributed by atoms with E-state index in [9.17, 15) is 5.11 Å². The number of nitrogens with zero attached hydrogens (tertiary/aromatic N) is 4. The average Bonchev–Trinajstić information content (AvgIpc) is 3.07. The lowest BCUT2D eigenvalue weighted by molar-refractivity contribution is 0.161. The summed E-state index contributed by atoms with van der Waals surface area (Å²) in [4.78, 5) is 6.53. The van der Waals surface area contributed by atoms with E-state index in [4.69, 9.17) is 0 Å². The third kappa shape index (κ3) is 3.69. The van der Waals surface area contributed by atoms with Gasteiger partial charge in [0.1, 0.15) is 5.75 Å². The standard InChI is InChI=1S/C21H27N5OS/c1-20(2)11-14(12-21(3,4)25-20)26(5)19-24-23-18(28-19)15-9-13-7-6-8-22-16(13)10-17(15)27/h6-10,14,25,27H,11-12H2,1-5H3. The number of anilines is 1. The van der Waals surface area contributed by atoms with Crippen LogP contribution in [0.15, 0.2) is 30.5 Å². The number of hydrogen-bond donors (Lipinski definition) is 2. The summed E-state index contributed by atoms with van der Waals surface area (Å²) in [5, 5.41) is 25.6. The lowest BCUT2D eigenvalue weighted by Crippen LogP contribution is -2.61. The van der Waals surface area contributed by atoms with E-state index in [2.05, 4.69) is 60.1 Å². The van der Waals surface area contributed by atoms with Crippen molar-refractivity contribution in [3.8, 4) is 16.3 Å². The van der Waals surface area contributed by atoms with Crippen molar-refractivity contribution in [2.75, 3.05) is 11.9 Å². The van der Waals surface area contributed by atoms with Crippen LogP contribution >= 0.6 is 11.3 Å². The van der Waals surface area contributed by atoms with Gasteiger partial charge in [-0.25, -0.2) is 0 Å². The molecular formula is C21H27N5OS. The molecule has 0 radical (unpaired) electrons. The van der Waals surface area contributed by atoms with Gasteiger partial charge in [-0.1, -0.05) is 17.4 Å². The van der Waals surface area contributed by atoms with Crippen molar-refractivity contribution in [2.24, 2.45) is 0 Å². The summed E-state index contributed by atoms with van der Waals surface area (Å²) in [5.41, 5.74) is 1.60. The molecule has 1 aromatic carbocycles. The summed E-state index contributed by atoms with van der Waals surface area (Å²) in [5.74, 6) is 0.181. The van der Waals surface area contributed by atoms with Crippen LogP contribution < -0.4 is 10.2 Å². The van der Waals surface area contributed by atoms with E-state index in [1.807, 2.05) is 18.2 Å². The van der Waals surface area contributed by atoms with Gasteiger partial charge in [0.25, 0.3) is 0 Å². The van der Waals surface area contributed by atoms with E-state index in [1.54, 1.807) is 12.3 Å². The molecule has 2 N–H and O–H groups in total. The molecule has 4 rings (SSSR count). The molecule has 148 valence electrons. The highest BCUT2D eigenvalue weighted by atomic mass is 32.1. The molecule has 1 fully saturated rings. The number of aromatic nitrogens is 3. The molecule has 6 nitrogen and oxygen atoms in total. The fourth-order valence-corrected chi connectivity index (χ4v) is 5.35. The van der Waals surface area contributed by atoms with E-state index in [0.29, 0.717) is 11.6 Å². The van der Waals surface area contributed by atoms with E-state index in [1.165, 1.54) is 11.3 Å². The Labute approximate surface area is 169 Å². The highest BCUT2D eigenvalue weighted by molar-refractivity contribution is 7.18. The largest absolute Gasteiger partial charge is 0.507 e. The van der Waals surface area contributed by atoms with Gasteiger partial charge >= 0.3 is 0 Å². The van der Waals surface area contributed by atoms with Gasteiger partial charge in [-0.15, -0.1) is 10.2 Å². The fourth-order valence-electron chi connectivity index (χ4n) is 4.45. The lowest BCUT2D eigenvalue weighted by Gasteiger charge is -2.48. The molecule has 0 aliphatic carbocycles. The lowest BCUT2D eigenvalue weighted by atomic mass is 9.79. The van der Waals surface area contributed by atoms with Gasteiger partial charge in [0, 0.05) is 41.8 Å². The van der Waals surface area contributed by atoms with Gasteiger partial charge < -0.3 is 15.3 Å². The Kier molecular flexibility index (Phi) is 4.55. The first kappa shape index (κ1) is 19.1. The van der Waals surface area contributed by atoms with Crippen molar-refractivity contribution in [1.82, 2.24) is 20.5 Å². The molecule has 7 heteroatoms. The minimum absolute atomic E-state index is 0.0673. The van der Waals surface area contributed by atoms with Crippen molar-refractivity contribution in [3.63, 3.8) is 0 Å². The second-order valence-corrected chi connectivity index (χ2v) is 9.98. The van der Waals surface area contributed by atoms with Crippen molar-refractivity contribution in [2.45, 2.75) is 57.7 Å². The highest BCUT2D eigenvalue weighted by Gasteiger charge is 2.39. The van der Waals surface area contributed by atoms with Gasteiger partial charge in [0.05, 0.1) is 11.1 Å². The molecule has 3 heterocycles. The van der Waals surface area contributed by atoms with Crippen LogP contribution in [0.5, 0.6) is 5.75 Å². The maximum absolute atomic E-state index is 10.5. The predicted octanol–water partition coefficient (Wildman–Crippen LogP) is 4.20. The molecule has 1 aliphatic heterocycles. The number of rotatable bonds is 3. The fraction of sp³-hybridized carbons (Fsp3) is 0.476. The number of nitrogens with one attached hydrogen (secondary N) is 1. The third-order valence-corrected chi connectivity index (χ3v) is 6.43. The minimum Gasteiger partial charge on any atom is -0.507 e. The van der Waals surface area contributed by atoms with Gasteiger partial charge in [0.15, 0.2) is 5.01 Å². The summed E-state index contributed by atoms with van der Waals surface area (Å²) in [6, 6.07) is 7.87. The topological polar surface area (TPSA) is 74.2 Å². The van der Waals surface area contributed by atoms with Crippen molar-refractivity contribution >= 4 is 27.4 Å². The smallest absolute Gasteiger partial charge is 0.208 e. The summed E-state index contributed by atoms with van der Waals surface area (Å²) < 4.78 is 0. The summed E-state index contributed by atoms with van der Waals surface area (Å²) in [6.07, 6.45) is 3.80. The Morgan fingerprint density at radius 3 is 2.57 bits per heavy atom. The first-order valence-corrected chi connectivity index (χ1v) is 10.4.